The molecule has 1 saturated carbocycles. The van der Waals surface area contributed by atoms with Gasteiger partial charge in [-0.2, -0.15) is 0 Å². The quantitative estimate of drug-likeness (QED) is 0.612. The van der Waals surface area contributed by atoms with Gasteiger partial charge in [-0.25, -0.2) is 4.79 Å². The summed E-state index contributed by atoms with van der Waals surface area (Å²) in [4.78, 5) is 38.8. The molecule has 2 rings (SSSR count). The normalized spacial score (nSPS) is 21.1. The van der Waals surface area contributed by atoms with Crippen LogP contribution in [0.2, 0.25) is 0 Å². The number of rotatable bonds is 4. The van der Waals surface area contributed by atoms with Gasteiger partial charge in [0, 0.05) is 6.42 Å². The molecule has 1 N–H and O–H groups in total. The molecule has 0 saturated heterocycles. The molecule has 1 amide bonds. The van der Waals surface area contributed by atoms with E-state index in [2.05, 4.69) is 5.32 Å². The molecule has 1 aromatic rings. The molecule has 6 heteroatoms. The molecule has 28 heavy (non-hydrogen) atoms. The summed E-state index contributed by atoms with van der Waals surface area (Å²) in [5.41, 5.74) is -2.26. The number of carbonyl (C=O) groups is 3. The van der Waals surface area contributed by atoms with Crippen LogP contribution in [0.4, 0.5) is 4.79 Å². The fourth-order valence-corrected chi connectivity index (χ4v) is 3.46. The van der Waals surface area contributed by atoms with Crippen LogP contribution in [-0.2, 0) is 19.1 Å². The molecule has 1 aliphatic carbocycles. The molecule has 0 aromatic heterocycles. The van der Waals surface area contributed by atoms with E-state index in [0.717, 1.165) is 0 Å². The lowest BCUT2D eigenvalue weighted by Crippen LogP contribution is -2.51. The summed E-state index contributed by atoms with van der Waals surface area (Å²) in [6.45, 7) is 10.6. The first-order chi connectivity index (χ1) is 12.8. The minimum atomic E-state index is -1.47. The topological polar surface area (TPSA) is 81.7 Å². The van der Waals surface area contributed by atoms with Crippen molar-refractivity contribution in [1.29, 1.82) is 0 Å². The maximum absolute atomic E-state index is 13.2. The summed E-state index contributed by atoms with van der Waals surface area (Å²) >= 11 is 0. The zero-order valence-corrected chi connectivity index (χ0v) is 17.6. The second-order valence-corrected chi connectivity index (χ2v) is 9.24. The first-order valence-electron chi connectivity index (χ1n) is 9.66. The third-order valence-electron chi connectivity index (χ3n) is 4.52. The number of esters is 1. The van der Waals surface area contributed by atoms with Crippen LogP contribution in [0.25, 0.3) is 0 Å². The monoisotopic (exact) mass is 389 g/mol. The van der Waals surface area contributed by atoms with Crippen molar-refractivity contribution in [2.45, 2.75) is 78.0 Å². The molecular weight excluding hydrogens is 358 g/mol. The van der Waals surface area contributed by atoms with Crippen molar-refractivity contribution >= 4 is 17.8 Å². The Morgan fingerprint density at radius 2 is 1.57 bits per heavy atom. The fraction of sp³-hybridized carbons (Fsp3) is 0.591. The number of benzene rings is 1. The van der Waals surface area contributed by atoms with Crippen LogP contribution >= 0.6 is 0 Å². The molecule has 1 unspecified atom stereocenters. The lowest BCUT2D eigenvalue weighted by atomic mass is 9.74. The van der Waals surface area contributed by atoms with E-state index in [1.807, 2.05) is 6.07 Å². The number of alkyl carbamates (subject to hydrolysis) is 1. The van der Waals surface area contributed by atoms with Gasteiger partial charge in [-0.05, 0) is 59.9 Å². The zero-order chi connectivity index (χ0) is 21.2. The predicted octanol–water partition coefficient (Wildman–Crippen LogP) is 4.33. The number of hydrogen-bond acceptors (Lipinski definition) is 5. The fourth-order valence-electron chi connectivity index (χ4n) is 3.46. The van der Waals surface area contributed by atoms with E-state index in [1.165, 1.54) is 0 Å². The Bertz CT molecular complexity index is 730. The van der Waals surface area contributed by atoms with Crippen LogP contribution < -0.4 is 5.32 Å². The largest absolute Gasteiger partial charge is 0.459 e. The van der Waals surface area contributed by atoms with Crippen LogP contribution in [0.1, 0.15) is 72.4 Å². The molecule has 1 fully saturated rings. The summed E-state index contributed by atoms with van der Waals surface area (Å²) in [6.07, 6.45) is 0.482. The van der Waals surface area contributed by atoms with E-state index in [-0.39, 0.29) is 12.2 Å². The Hall–Kier alpha value is -2.37. The Morgan fingerprint density at radius 3 is 2.04 bits per heavy atom. The number of hydrogen-bond donors (Lipinski definition) is 1. The third kappa shape index (κ3) is 5.12. The van der Waals surface area contributed by atoms with Gasteiger partial charge in [0.25, 0.3) is 0 Å². The summed E-state index contributed by atoms with van der Waals surface area (Å²) < 4.78 is 11.0. The molecular formula is C22H31NO5. The second kappa shape index (κ2) is 7.94. The average Bonchev–Trinajstić information content (AvgIpc) is 2.92. The number of amides is 1. The molecule has 2 atom stereocenters. The van der Waals surface area contributed by atoms with Crippen molar-refractivity contribution in [3.63, 3.8) is 0 Å². The second-order valence-electron chi connectivity index (χ2n) is 9.24. The van der Waals surface area contributed by atoms with Gasteiger partial charge >= 0.3 is 12.1 Å². The van der Waals surface area contributed by atoms with Crippen LogP contribution in [0.5, 0.6) is 0 Å². The van der Waals surface area contributed by atoms with Crippen LogP contribution in [0.3, 0.4) is 0 Å². The highest BCUT2D eigenvalue weighted by Gasteiger charge is 2.57. The molecule has 0 spiro atoms. The molecule has 0 aliphatic heterocycles. The van der Waals surface area contributed by atoms with Crippen LogP contribution in [0.15, 0.2) is 30.3 Å². The van der Waals surface area contributed by atoms with E-state index in [4.69, 9.17) is 9.47 Å². The molecule has 154 valence electrons. The number of ether oxygens (including phenoxy) is 2. The highest BCUT2D eigenvalue weighted by molar-refractivity contribution is 6.06. The standard InChI is InChI=1S/C22H31NO5/c1-20(2,3)27-18(25)22(14-10-13-16(22)24)17(15-11-8-7-9-12-15)23-19(26)28-21(4,5)6/h7-9,11-12,17H,10,13-14H2,1-6H3,(H,23,26)/t17-,22?/m0/s1. The van der Waals surface area contributed by atoms with Crippen molar-refractivity contribution in [1.82, 2.24) is 5.32 Å². The number of ketones is 1. The van der Waals surface area contributed by atoms with E-state index >= 15 is 0 Å². The summed E-state index contributed by atoms with van der Waals surface area (Å²) in [7, 11) is 0. The van der Waals surface area contributed by atoms with Gasteiger partial charge in [0.15, 0.2) is 11.2 Å². The number of Topliss-reactive ketones (excluding diaryl/α,β-unsaturated/α-hetero) is 1. The van der Waals surface area contributed by atoms with Gasteiger partial charge < -0.3 is 14.8 Å². The first-order valence-corrected chi connectivity index (χ1v) is 9.66. The number of nitrogens with one attached hydrogen (secondary N) is 1. The summed E-state index contributed by atoms with van der Waals surface area (Å²) in [5, 5.41) is 2.79. The molecule has 1 aliphatic rings. The van der Waals surface area contributed by atoms with Crippen molar-refractivity contribution in [3.05, 3.63) is 35.9 Å². The Kier molecular flexibility index (Phi) is 6.21. The Morgan fingerprint density at radius 1 is 1.00 bits per heavy atom. The van der Waals surface area contributed by atoms with E-state index < -0.39 is 34.7 Å². The van der Waals surface area contributed by atoms with E-state index in [9.17, 15) is 14.4 Å². The number of carbonyl (C=O) groups excluding carboxylic acids is 3. The summed E-state index contributed by atoms with van der Waals surface area (Å²) in [6, 6.07) is 8.17. The lowest BCUT2D eigenvalue weighted by Gasteiger charge is -2.37. The maximum atomic E-state index is 13.2. The minimum absolute atomic E-state index is 0.216. The van der Waals surface area contributed by atoms with Gasteiger partial charge in [0.2, 0.25) is 0 Å². The minimum Gasteiger partial charge on any atom is -0.459 e. The molecule has 0 heterocycles. The molecule has 0 bridgehead atoms. The van der Waals surface area contributed by atoms with Gasteiger partial charge in [0.1, 0.15) is 11.2 Å². The summed E-state index contributed by atoms with van der Waals surface area (Å²) in [5.74, 6) is -0.820. The smallest absolute Gasteiger partial charge is 0.408 e. The molecule has 6 nitrogen and oxygen atoms in total. The van der Waals surface area contributed by atoms with Crippen molar-refractivity contribution in [2.75, 3.05) is 0 Å². The highest BCUT2D eigenvalue weighted by atomic mass is 16.6. The van der Waals surface area contributed by atoms with Crippen molar-refractivity contribution in [2.24, 2.45) is 5.41 Å². The van der Waals surface area contributed by atoms with Gasteiger partial charge in [-0.1, -0.05) is 30.3 Å². The lowest BCUT2D eigenvalue weighted by molar-refractivity contribution is -0.171. The first kappa shape index (κ1) is 21.9. The van der Waals surface area contributed by atoms with Crippen molar-refractivity contribution in [3.8, 4) is 0 Å². The van der Waals surface area contributed by atoms with Crippen LogP contribution in [-0.4, -0.2) is 29.0 Å². The predicted molar refractivity (Wildman–Crippen MR) is 106 cm³/mol. The molecule has 0 radical (unpaired) electrons. The van der Waals surface area contributed by atoms with Gasteiger partial charge in [-0.15, -0.1) is 0 Å². The van der Waals surface area contributed by atoms with Crippen molar-refractivity contribution < 1.29 is 23.9 Å². The third-order valence-corrected chi connectivity index (χ3v) is 4.52. The SMILES string of the molecule is CC(C)(C)OC(=O)N[C@@H](c1ccccc1)C1(C(=O)OC(C)(C)C)CCCC1=O. The van der Waals surface area contributed by atoms with E-state index in [0.29, 0.717) is 18.4 Å². The highest BCUT2D eigenvalue weighted by Crippen LogP contribution is 2.47. The molecule has 1 aromatic carbocycles. The van der Waals surface area contributed by atoms with Gasteiger partial charge in [0.05, 0.1) is 6.04 Å². The van der Waals surface area contributed by atoms with E-state index in [1.54, 1.807) is 65.8 Å². The zero-order valence-electron chi connectivity index (χ0n) is 17.6. The average molecular weight is 389 g/mol. The van der Waals surface area contributed by atoms with Gasteiger partial charge in [-0.3, -0.25) is 9.59 Å². The Balaban J connectivity index is 2.49. The maximum Gasteiger partial charge on any atom is 0.408 e. The Labute approximate surface area is 167 Å². The van der Waals surface area contributed by atoms with Crippen LogP contribution in [0, 0.1) is 5.41 Å².